The van der Waals surface area contributed by atoms with Gasteiger partial charge in [0, 0.05) is 34.1 Å². The fraction of sp³-hybridized carbons (Fsp3) is 0.323. The van der Waals surface area contributed by atoms with Crippen molar-refractivity contribution in [3.8, 4) is 21.9 Å². The summed E-state index contributed by atoms with van der Waals surface area (Å²) < 4.78 is 11.9. The first-order valence-electron chi connectivity index (χ1n) is 14.2. The molecule has 3 heterocycles. The van der Waals surface area contributed by atoms with E-state index in [1.54, 1.807) is 11.3 Å². The second-order valence-corrected chi connectivity index (χ2v) is 11.7. The number of β-amino-alcohol motifs (C(OH)–C–C–N with tert-alkyl or cyclic N) is 1. The quantitative estimate of drug-likeness (QED) is 0.0960. The third-order valence-electron chi connectivity index (χ3n) is 6.62. The summed E-state index contributed by atoms with van der Waals surface area (Å²) in [6, 6.07) is 18.0. The second kappa shape index (κ2) is 15.8. The lowest BCUT2D eigenvalue weighted by Crippen LogP contribution is -2.46. The Hall–Kier alpha value is -4.79. The number of nitrogens with one attached hydrogen (secondary N) is 3. The number of aromatic amines is 2. The first-order valence-corrected chi connectivity index (χ1v) is 15.1. The summed E-state index contributed by atoms with van der Waals surface area (Å²) in [7, 11) is 0. The normalized spacial score (nSPS) is 11.9. The van der Waals surface area contributed by atoms with Crippen molar-refractivity contribution >= 4 is 34.2 Å². The monoisotopic (exact) mass is 636 g/mol. The third kappa shape index (κ3) is 10.1. The Bertz CT molecular complexity index is 1640. The molecule has 0 saturated heterocycles. The molecule has 0 aliphatic heterocycles. The number of rotatable bonds is 15. The highest BCUT2D eigenvalue weighted by Crippen LogP contribution is 2.33. The van der Waals surface area contributed by atoms with Gasteiger partial charge in [-0.25, -0.2) is 0 Å². The predicted octanol–water partition coefficient (Wildman–Crippen LogP) is 4.27. The fourth-order valence-electron chi connectivity index (χ4n) is 4.46. The van der Waals surface area contributed by atoms with Crippen LogP contribution in [0.3, 0.4) is 0 Å². The Balaban J connectivity index is 0.000000510. The van der Waals surface area contributed by atoms with Crippen molar-refractivity contribution in [3.05, 3.63) is 77.6 Å². The van der Waals surface area contributed by atoms with Gasteiger partial charge >= 0.3 is 11.9 Å². The van der Waals surface area contributed by atoms with Crippen molar-refractivity contribution in [1.82, 2.24) is 30.9 Å². The summed E-state index contributed by atoms with van der Waals surface area (Å²) in [6.07, 6.45) is 1.53. The van der Waals surface area contributed by atoms with Crippen molar-refractivity contribution < 1.29 is 34.4 Å². The number of carboxylic acids is 2. The van der Waals surface area contributed by atoms with Crippen LogP contribution in [-0.2, 0) is 22.6 Å². The van der Waals surface area contributed by atoms with Crippen LogP contribution < -0.4 is 14.8 Å². The van der Waals surface area contributed by atoms with Gasteiger partial charge in [-0.1, -0.05) is 35.5 Å². The Morgan fingerprint density at radius 2 is 1.76 bits per heavy atom. The summed E-state index contributed by atoms with van der Waals surface area (Å²) in [5.74, 6) is -0.152. The number of aliphatic hydroxyl groups is 1. The molecule has 0 amide bonds. The maximum Gasteiger partial charge on any atom is 0.303 e. The SMILES string of the molecule is CC(C)(Cc1c[nH]c2c(OCc3nn[nH]n3)cccc12)NC[C@H](O)COc1ccccc1-c1cccs1.O=C(O)CCC(=O)O. The molecule has 14 heteroatoms. The van der Waals surface area contributed by atoms with Gasteiger partial charge in [0.05, 0.1) is 18.4 Å². The average Bonchev–Trinajstić information content (AvgIpc) is 3.81. The molecule has 6 N–H and O–H groups in total. The van der Waals surface area contributed by atoms with E-state index < -0.39 is 18.0 Å². The lowest BCUT2D eigenvalue weighted by Gasteiger charge is -2.28. The maximum absolute atomic E-state index is 10.6. The Labute approximate surface area is 263 Å². The fourth-order valence-corrected chi connectivity index (χ4v) is 5.21. The summed E-state index contributed by atoms with van der Waals surface area (Å²) in [5, 5.41) is 46.9. The number of ether oxygens (including phenoxy) is 2. The van der Waals surface area contributed by atoms with Crippen LogP contribution in [0.5, 0.6) is 11.5 Å². The molecule has 0 radical (unpaired) electrons. The number of aliphatic hydroxyl groups excluding tert-OH is 1. The van der Waals surface area contributed by atoms with Gasteiger partial charge in [-0.15, -0.1) is 21.5 Å². The maximum atomic E-state index is 10.6. The molecule has 238 valence electrons. The molecule has 2 aromatic carbocycles. The van der Waals surface area contributed by atoms with E-state index in [9.17, 15) is 14.7 Å². The third-order valence-corrected chi connectivity index (χ3v) is 7.52. The molecule has 0 bridgehead atoms. The molecular formula is C31H36N6O7S. The highest BCUT2D eigenvalue weighted by molar-refractivity contribution is 7.13. The largest absolute Gasteiger partial charge is 0.490 e. The first kappa shape index (κ1) is 33.1. The summed E-state index contributed by atoms with van der Waals surface area (Å²) >= 11 is 1.67. The van der Waals surface area contributed by atoms with Crippen LogP contribution in [0.1, 0.15) is 38.1 Å². The number of fused-ring (bicyclic) bond motifs is 1. The number of nitrogens with zero attached hydrogens (tertiary/aromatic N) is 3. The number of hydrogen-bond acceptors (Lipinski definition) is 10. The summed E-state index contributed by atoms with van der Waals surface area (Å²) in [6.45, 7) is 5.11. The van der Waals surface area contributed by atoms with E-state index in [0.29, 0.717) is 12.4 Å². The summed E-state index contributed by atoms with van der Waals surface area (Å²) in [4.78, 5) is 23.8. The van der Waals surface area contributed by atoms with Crippen molar-refractivity contribution in [2.75, 3.05) is 13.2 Å². The minimum atomic E-state index is -1.08. The molecular weight excluding hydrogens is 600 g/mol. The van der Waals surface area contributed by atoms with E-state index in [-0.39, 0.29) is 31.6 Å². The standard InChI is InChI=1S/C27H30N6O3S.C4H6O4/c1-27(2,29-15-19(34)16-35-22-9-4-3-7-21(22)24-11-6-12-37-24)13-18-14-28-26-20(18)8-5-10-23(26)36-17-25-30-32-33-31-25;5-3(6)1-2-4(7)8/h3-12,14,19,28-29,34H,13,15-17H2,1-2H3,(H,30,31,32,33);1-2H2,(H,5,6)(H,7,8)/t19-;/m0./s1. The van der Waals surface area contributed by atoms with E-state index >= 15 is 0 Å². The van der Waals surface area contributed by atoms with Gasteiger partial charge in [-0.05, 0) is 55.5 Å². The van der Waals surface area contributed by atoms with Gasteiger partial charge in [-0.3, -0.25) is 9.59 Å². The highest BCUT2D eigenvalue weighted by Gasteiger charge is 2.22. The van der Waals surface area contributed by atoms with Crippen molar-refractivity contribution in [3.63, 3.8) is 0 Å². The van der Waals surface area contributed by atoms with Gasteiger partial charge in [-0.2, -0.15) is 5.21 Å². The van der Waals surface area contributed by atoms with Crippen LogP contribution in [0.15, 0.2) is 66.2 Å². The number of hydrogen-bond donors (Lipinski definition) is 6. The van der Waals surface area contributed by atoms with Crippen LogP contribution >= 0.6 is 11.3 Å². The molecule has 0 aliphatic carbocycles. The van der Waals surface area contributed by atoms with Crippen LogP contribution in [0.2, 0.25) is 0 Å². The molecule has 5 rings (SSSR count). The van der Waals surface area contributed by atoms with E-state index in [2.05, 4.69) is 56.9 Å². The number of aromatic nitrogens is 5. The number of para-hydroxylation sites is 2. The van der Waals surface area contributed by atoms with Crippen LogP contribution in [0.25, 0.3) is 21.3 Å². The number of carboxylic acid groups (broad SMARTS) is 2. The minimum Gasteiger partial charge on any atom is -0.490 e. The van der Waals surface area contributed by atoms with Gasteiger partial charge in [0.2, 0.25) is 5.82 Å². The van der Waals surface area contributed by atoms with E-state index in [1.165, 1.54) is 0 Å². The summed E-state index contributed by atoms with van der Waals surface area (Å²) in [5.41, 5.74) is 2.87. The second-order valence-electron chi connectivity index (χ2n) is 10.8. The number of benzene rings is 2. The number of tetrazole rings is 1. The van der Waals surface area contributed by atoms with Crippen molar-refractivity contribution in [2.24, 2.45) is 0 Å². The van der Waals surface area contributed by atoms with E-state index in [4.69, 9.17) is 19.7 Å². The molecule has 0 saturated carbocycles. The molecule has 0 aliphatic rings. The molecule has 45 heavy (non-hydrogen) atoms. The molecule has 13 nitrogen and oxygen atoms in total. The zero-order valence-corrected chi connectivity index (χ0v) is 25.7. The molecule has 5 aromatic rings. The van der Waals surface area contributed by atoms with Crippen LogP contribution in [0.4, 0.5) is 0 Å². The van der Waals surface area contributed by atoms with Crippen molar-refractivity contribution in [1.29, 1.82) is 0 Å². The predicted molar refractivity (Wildman–Crippen MR) is 168 cm³/mol. The van der Waals surface area contributed by atoms with Crippen LogP contribution in [0, 0.1) is 0 Å². The topological polar surface area (TPSA) is 196 Å². The van der Waals surface area contributed by atoms with E-state index in [0.717, 1.165) is 44.8 Å². The number of aliphatic carboxylic acids is 2. The number of H-pyrrole nitrogens is 2. The molecule has 0 unspecified atom stereocenters. The highest BCUT2D eigenvalue weighted by atomic mass is 32.1. The average molecular weight is 637 g/mol. The lowest BCUT2D eigenvalue weighted by atomic mass is 9.94. The zero-order valence-electron chi connectivity index (χ0n) is 24.9. The zero-order chi connectivity index (χ0) is 32.2. The van der Waals surface area contributed by atoms with E-state index in [1.807, 2.05) is 54.0 Å². The lowest BCUT2D eigenvalue weighted by molar-refractivity contribution is -0.143. The van der Waals surface area contributed by atoms with Gasteiger partial charge in [0.1, 0.15) is 24.2 Å². The van der Waals surface area contributed by atoms with Gasteiger partial charge < -0.3 is 35.1 Å². The van der Waals surface area contributed by atoms with Gasteiger partial charge in [0.25, 0.3) is 0 Å². The molecule has 1 atom stereocenters. The smallest absolute Gasteiger partial charge is 0.303 e. The Morgan fingerprint density at radius 3 is 2.44 bits per heavy atom. The van der Waals surface area contributed by atoms with Crippen LogP contribution in [-0.4, -0.2) is 77.7 Å². The minimum absolute atomic E-state index is 0.208. The first-order chi connectivity index (χ1) is 21.6. The molecule has 3 aromatic heterocycles. The molecule has 0 fully saturated rings. The van der Waals surface area contributed by atoms with Crippen molar-refractivity contribution in [2.45, 2.75) is 51.4 Å². The Morgan fingerprint density at radius 1 is 1.00 bits per heavy atom. The molecule has 0 spiro atoms. The number of carbonyl (C=O) groups is 2. The number of thiophene rings is 1. The van der Waals surface area contributed by atoms with Gasteiger partial charge in [0.15, 0.2) is 6.61 Å². The Kier molecular flexibility index (Phi) is 11.6.